The highest BCUT2D eigenvalue weighted by atomic mass is 32.2. The number of thioether (sulfide) groups is 1. The molecule has 168 valence electrons. The fourth-order valence-corrected chi connectivity index (χ4v) is 4.28. The Bertz CT molecular complexity index is 1190. The number of carbonyl (C=O) groups is 1. The quantitative estimate of drug-likeness (QED) is 0.300. The smallest absolute Gasteiger partial charge is 0.234 e. The van der Waals surface area contributed by atoms with Crippen molar-refractivity contribution in [2.24, 2.45) is 0 Å². The lowest BCUT2D eigenvalue weighted by molar-refractivity contribution is -0.113. The third kappa shape index (κ3) is 5.90. The van der Waals surface area contributed by atoms with Crippen molar-refractivity contribution < 1.29 is 4.79 Å². The van der Waals surface area contributed by atoms with Crippen LogP contribution in [-0.4, -0.2) is 26.4 Å². The predicted molar refractivity (Wildman–Crippen MR) is 136 cm³/mol. The molecule has 5 nitrogen and oxygen atoms in total. The van der Waals surface area contributed by atoms with Crippen molar-refractivity contribution >= 4 is 23.4 Å². The van der Waals surface area contributed by atoms with Gasteiger partial charge in [0.1, 0.15) is 0 Å². The molecular formula is C27H28N4OS. The van der Waals surface area contributed by atoms with Gasteiger partial charge in [-0.25, -0.2) is 0 Å². The van der Waals surface area contributed by atoms with Crippen molar-refractivity contribution in [2.45, 2.75) is 38.3 Å². The Morgan fingerprint density at radius 1 is 0.939 bits per heavy atom. The molecule has 0 unspecified atom stereocenters. The van der Waals surface area contributed by atoms with E-state index in [1.54, 1.807) is 0 Å². The van der Waals surface area contributed by atoms with Gasteiger partial charge in [-0.15, -0.1) is 10.2 Å². The van der Waals surface area contributed by atoms with Gasteiger partial charge in [0.05, 0.1) is 5.75 Å². The first-order valence-corrected chi connectivity index (χ1v) is 12.2. The lowest BCUT2D eigenvalue weighted by Gasteiger charge is -2.11. The normalized spacial score (nSPS) is 10.8. The molecule has 0 aliphatic heterocycles. The minimum Gasteiger partial charge on any atom is -0.325 e. The summed E-state index contributed by atoms with van der Waals surface area (Å²) in [5.41, 5.74) is 5.24. The Balaban J connectivity index is 1.48. The van der Waals surface area contributed by atoms with E-state index in [0.29, 0.717) is 5.16 Å². The zero-order chi connectivity index (χ0) is 23.0. The fraction of sp³-hybridized carbons (Fsp3) is 0.222. The summed E-state index contributed by atoms with van der Waals surface area (Å²) in [6, 6.07) is 26.3. The van der Waals surface area contributed by atoms with Crippen LogP contribution >= 0.6 is 11.8 Å². The summed E-state index contributed by atoms with van der Waals surface area (Å²) in [5, 5.41) is 12.5. The number of anilines is 1. The number of nitrogens with zero attached hydrogens (tertiary/aromatic N) is 3. The highest BCUT2D eigenvalue weighted by molar-refractivity contribution is 7.99. The molecular weight excluding hydrogens is 428 g/mol. The van der Waals surface area contributed by atoms with Crippen LogP contribution in [0.4, 0.5) is 5.69 Å². The van der Waals surface area contributed by atoms with Crippen LogP contribution in [0.2, 0.25) is 0 Å². The zero-order valence-electron chi connectivity index (χ0n) is 19.0. The van der Waals surface area contributed by atoms with Crippen molar-refractivity contribution in [3.8, 4) is 17.1 Å². The summed E-state index contributed by atoms with van der Waals surface area (Å²) in [6.07, 6.45) is 3.42. The Morgan fingerprint density at radius 3 is 2.36 bits per heavy atom. The number of amides is 1. The summed E-state index contributed by atoms with van der Waals surface area (Å²) in [6.45, 7) is 4.25. The minimum absolute atomic E-state index is 0.0687. The molecule has 1 N–H and O–H groups in total. The number of unbranched alkanes of at least 4 members (excludes halogenated alkanes) is 1. The van der Waals surface area contributed by atoms with Gasteiger partial charge in [-0.2, -0.15) is 0 Å². The topological polar surface area (TPSA) is 59.8 Å². The number of rotatable bonds is 9. The molecule has 0 radical (unpaired) electrons. The van der Waals surface area contributed by atoms with Crippen molar-refractivity contribution in [3.05, 3.63) is 90.0 Å². The molecule has 0 aliphatic carbocycles. The molecule has 0 fully saturated rings. The molecule has 0 aliphatic rings. The Labute approximate surface area is 199 Å². The van der Waals surface area contributed by atoms with Crippen molar-refractivity contribution in [1.82, 2.24) is 14.8 Å². The maximum atomic E-state index is 12.6. The number of carbonyl (C=O) groups excluding carboxylic acids is 1. The van der Waals surface area contributed by atoms with Crippen LogP contribution in [0.1, 0.15) is 30.9 Å². The molecule has 1 aromatic heterocycles. The van der Waals surface area contributed by atoms with Gasteiger partial charge in [-0.1, -0.05) is 85.3 Å². The molecule has 4 rings (SSSR count). The molecule has 0 spiro atoms. The van der Waals surface area contributed by atoms with E-state index < -0.39 is 0 Å². The van der Waals surface area contributed by atoms with E-state index in [-0.39, 0.29) is 11.7 Å². The highest BCUT2D eigenvalue weighted by Crippen LogP contribution is 2.28. The molecule has 1 heterocycles. The predicted octanol–water partition coefficient (Wildman–Crippen LogP) is 6.32. The second kappa shape index (κ2) is 11.0. The SMILES string of the molecule is CCCCc1ccc(NC(=O)CSc2nnc(-c3ccc(C)cc3)n2-c2ccccc2)cc1. The Morgan fingerprint density at radius 2 is 1.67 bits per heavy atom. The van der Waals surface area contributed by atoms with Crippen LogP contribution in [0.5, 0.6) is 0 Å². The van der Waals surface area contributed by atoms with Gasteiger partial charge in [-0.3, -0.25) is 9.36 Å². The summed E-state index contributed by atoms with van der Waals surface area (Å²) in [4.78, 5) is 12.6. The highest BCUT2D eigenvalue weighted by Gasteiger charge is 2.17. The molecule has 4 aromatic rings. The largest absolute Gasteiger partial charge is 0.325 e. The molecule has 1 amide bonds. The van der Waals surface area contributed by atoms with E-state index in [4.69, 9.17) is 0 Å². The standard InChI is InChI=1S/C27H28N4OS/c1-3-4-8-21-13-17-23(18-14-21)28-25(32)19-33-27-30-29-26(22-15-11-20(2)12-16-22)31(27)24-9-6-5-7-10-24/h5-7,9-18H,3-4,8,19H2,1-2H3,(H,28,32). The summed E-state index contributed by atoms with van der Waals surface area (Å²) in [5.74, 6) is 0.934. The maximum Gasteiger partial charge on any atom is 0.234 e. The van der Waals surface area contributed by atoms with Crippen LogP contribution in [0.25, 0.3) is 17.1 Å². The van der Waals surface area contributed by atoms with Gasteiger partial charge in [0.15, 0.2) is 11.0 Å². The van der Waals surface area contributed by atoms with Gasteiger partial charge in [0.25, 0.3) is 0 Å². The van der Waals surface area contributed by atoms with Crippen molar-refractivity contribution in [2.75, 3.05) is 11.1 Å². The van der Waals surface area contributed by atoms with Gasteiger partial charge in [0.2, 0.25) is 5.91 Å². The van der Waals surface area contributed by atoms with E-state index in [1.165, 1.54) is 35.7 Å². The van der Waals surface area contributed by atoms with Crippen molar-refractivity contribution in [1.29, 1.82) is 0 Å². The fourth-order valence-electron chi connectivity index (χ4n) is 3.53. The second-order valence-electron chi connectivity index (χ2n) is 7.98. The number of para-hydroxylation sites is 1. The van der Waals surface area contributed by atoms with E-state index in [1.807, 2.05) is 59.2 Å². The van der Waals surface area contributed by atoms with E-state index in [0.717, 1.165) is 29.2 Å². The van der Waals surface area contributed by atoms with Crippen molar-refractivity contribution in [3.63, 3.8) is 0 Å². The molecule has 0 atom stereocenters. The summed E-state index contributed by atoms with van der Waals surface area (Å²) >= 11 is 1.38. The van der Waals surface area contributed by atoms with Gasteiger partial charge < -0.3 is 5.32 Å². The van der Waals surface area contributed by atoms with Crippen LogP contribution in [0.3, 0.4) is 0 Å². The summed E-state index contributed by atoms with van der Waals surface area (Å²) < 4.78 is 2.01. The Kier molecular flexibility index (Phi) is 7.58. The number of aromatic nitrogens is 3. The number of benzene rings is 3. The first-order chi connectivity index (χ1) is 16.1. The van der Waals surface area contributed by atoms with Crippen LogP contribution in [0.15, 0.2) is 84.0 Å². The molecule has 0 saturated heterocycles. The first kappa shape index (κ1) is 22.8. The average Bonchev–Trinajstić information content (AvgIpc) is 3.27. The minimum atomic E-state index is -0.0687. The summed E-state index contributed by atoms with van der Waals surface area (Å²) in [7, 11) is 0. The van der Waals surface area contributed by atoms with Gasteiger partial charge in [0, 0.05) is 16.9 Å². The van der Waals surface area contributed by atoms with E-state index in [2.05, 4.69) is 53.6 Å². The molecule has 0 bridgehead atoms. The van der Waals surface area contributed by atoms with Gasteiger partial charge >= 0.3 is 0 Å². The van der Waals surface area contributed by atoms with Gasteiger partial charge in [-0.05, 0) is 49.6 Å². The maximum absolute atomic E-state index is 12.6. The number of nitrogens with one attached hydrogen (secondary N) is 1. The number of hydrogen-bond acceptors (Lipinski definition) is 4. The average molecular weight is 457 g/mol. The lowest BCUT2D eigenvalue weighted by atomic mass is 10.1. The van der Waals surface area contributed by atoms with Crippen LogP contribution in [0, 0.1) is 6.92 Å². The third-order valence-electron chi connectivity index (χ3n) is 5.35. The van der Waals surface area contributed by atoms with Crippen LogP contribution in [-0.2, 0) is 11.2 Å². The monoisotopic (exact) mass is 456 g/mol. The first-order valence-electron chi connectivity index (χ1n) is 11.2. The molecule has 0 saturated carbocycles. The van der Waals surface area contributed by atoms with E-state index >= 15 is 0 Å². The molecule has 6 heteroatoms. The van der Waals surface area contributed by atoms with Crippen LogP contribution < -0.4 is 5.32 Å². The van der Waals surface area contributed by atoms with E-state index in [9.17, 15) is 4.79 Å². The second-order valence-corrected chi connectivity index (χ2v) is 8.92. The zero-order valence-corrected chi connectivity index (χ0v) is 19.8. The number of hydrogen-bond donors (Lipinski definition) is 1. The molecule has 3 aromatic carbocycles. The Hall–Kier alpha value is -3.38. The lowest BCUT2D eigenvalue weighted by Crippen LogP contribution is -2.14. The number of aryl methyl sites for hydroxylation is 2. The third-order valence-corrected chi connectivity index (χ3v) is 6.28. The molecule has 33 heavy (non-hydrogen) atoms.